The Labute approximate surface area is 239 Å². The molecule has 40 heavy (non-hydrogen) atoms. The normalized spacial score (nSPS) is 29.8. The highest BCUT2D eigenvalue weighted by molar-refractivity contribution is 8.00. The Balaban J connectivity index is 1.28. The quantitative estimate of drug-likeness (QED) is 0.343. The Morgan fingerprint density at radius 1 is 1.02 bits per heavy atom. The molecule has 0 radical (unpaired) electrons. The standard InChI is InChI=1S/C30H28N2O6S2/c1-3-37-20(33)13-38-19-7-5-4-6-16(19)21-22-17-12-18(25(22)39-27-26(21)40-30(36)31-27)24-23(17)28(34)32(29(24)35)15-10-8-14(2)9-11-15/h4-11,17-18,21-25H,3,12-13H2,1-2H3,(H,31,36)/t17-,18-,21+,22-,23+,24+,25-/m1/s1. The highest BCUT2D eigenvalue weighted by Crippen LogP contribution is 2.69. The van der Waals surface area contributed by atoms with Crippen molar-refractivity contribution in [2.24, 2.45) is 29.6 Å². The van der Waals surface area contributed by atoms with Crippen LogP contribution < -0.4 is 14.5 Å². The lowest BCUT2D eigenvalue weighted by molar-refractivity contribution is -0.145. The molecule has 2 aliphatic carbocycles. The number of aromatic nitrogens is 1. The number of anilines is 1. The molecule has 2 bridgehead atoms. The monoisotopic (exact) mass is 576 g/mol. The summed E-state index contributed by atoms with van der Waals surface area (Å²) < 4.78 is 11.0. The molecule has 0 unspecified atom stereocenters. The Morgan fingerprint density at radius 2 is 1.75 bits per heavy atom. The topological polar surface area (TPSA) is 106 Å². The van der Waals surface area contributed by atoms with Gasteiger partial charge in [-0.3, -0.25) is 19.3 Å². The number of hydrogen-bond donors (Lipinski definition) is 1. The summed E-state index contributed by atoms with van der Waals surface area (Å²) in [7, 11) is 0. The number of ether oxygens (including phenoxy) is 2. The number of para-hydroxylation sites is 1. The van der Waals surface area contributed by atoms with Gasteiger partial charge in [-0.2, -0.15) is 0 Å². The first kappa shape index (κ1) is 25.6. The SMILES string of the molecule is CCOC(=O)COc1ccccc1[C@@H]1c2sc(=O)[nH]c2S[C@@H]2[C@@H]3C[C@@H]([C@@H]4C(=O)N(c5ccc(C)cc5)C(=O)[C@@H]34)[C@H]12. The third-order valence-corrected chi connectivity index (χ3v) is 11.5. The molecule has 3 aromatic rings. The number of amides is 2. The first-order valence-corrected chi connectivity index (χ1v) is 15.3. The van der Waals surface area contributed by atoms with Crippen LogP contribution in [0.25, 0.3) is 0 Å². The zero-order valence-electron chi connectivity index (χ0n) is 22.0. The van der Waals surface area contributed by atoms with Gasteiger partial charge >= 0.3 is 10.8 Å². The lowest BCUT2D eigenvalue weighted by atomic mass is 9.68. The van der Waals surface area contributed by atoms with Gasteiger partial charge in [0.1, 0.15) is 5.75 Å². The molecule has 8 nitrogen and oxygen atoms in total. The van der Waals surface area contributed by atoms with E-state index >= 15 is 0 Å². The summed E-state index contributed by atoms with van der Waals surface area (Å²) in [6.07, 6.45) is 0.804. The van der Waals surface area contributed by atoms with Gasteiger partial charge in [0.15, 0.2) is 6.61 Å². The van der Waals surface area contributed by atoms with Crippen molar-refractivity contribution < 1.29 is 23.9 Å². The average Bonchev–Trinajstić information content (AvgIpc) is 3.67. The summed E-state index contributed by atoms with van der Waals surface area (Å²) in [5.41, 5.74) is 2.58. The van der Waals surface area contributed by atoms with Crippen molar-refractivity contribution in [1.82, 2.24) is 4.98 Å². The number of rotatable bonds is 6. The number of nitrogens with zero attached hydrogens (tertiary/aromatic N) is 1. The first-order valence-electron chi connectivity index (χ1n) is 13.6. The van der Waals surface area contributed by atoms with Crippen LogP contribution in [0.15, 0.2) is 58.4 Å². The van der Waals surface area contributed by atoms with Crippen molar-refractivity contribution in [2.75, 3.05) is 18.1 Å². The van der Waals surface area contributed by atoms with Crippen LogP contribution in [0.4, 0.5) is 5.69 Å². The molecule has 2 saturated carbocycles. The van der Waals surface area contributed by atoms with Crippen molar-refractivity contribution in [3.8, 4) is 5.75 Å². The molecule has 7 rings (SSSR count). The van der Waals surface area contributed by atoms with Crippen LogP contribution in [0.5, 0.6) is 5.75 Å². The minimum Gasteiger partial charge on any atom is -0.482 e. The zero-order chi connectivity index (χ0) is 27.7. The van der Waals surface area contributed by atoms with Crippen LogP contribution in [0.2, 0.25) is 0 Å². The lowest BCUT2D eigenvalue weighted by Gasteiger charge is -2.43. The first-order chi connectivity index (χ1) is 19.4. The molecule has 206 valence electrons. The van der Waals surface area contributed by atoms with E-state index in [4.69, 9.17) is 9.47 Å². The van der Waals surface area contributed by atoms with E-state index in [2.05, 4.69) is 4.98 Å². The Hall–Kier alpha value is -3.37. The maximum absolute atomic E-state index is 13.9. The number of thiazole rings is 1. The number of fused-ring (bicyclic) bond motifs is 9. The van der Waals surface area contributed by atoms with Gasteiger partial charge < -0.3 is 14.5 Å². The lowest BCUT2D eigenvalue weighted by Crippen LogP contribution is -2.42. The summed E-state index contributed by atoms with van der Waals surface area (Å²) in [6.45, 7) is 3.78. The molecule has 2 aromatic carbocycles. The summed E-state index contributed by atoms with van der Waals surface area (Å²) in [5.74, 6) is -0.978. The summed E-state index contributed by atoms with van der Waals surface area (Å²) in [5, 5.41) is 0.902. The molecule has 7 atom stereocenters. The van der Waals surface area contributed by atoms with E-state index in [1.807, 2.05) is 55.5 Å². The summed E-state index contributed by atoms with van der Waals surface area (Å²) in [6, 6.07) is 15.1. The molecule has 4 aliphatic rings. The molecule has 2 aliphatic heterocycles. The summed E-state index contributed by atoms with van der Waals surface area (Å²) >= 11 is 2.84. The number of thioether (sulfide) groups is 1. The van der Waals surface area contributed by atoms with Gasteiger partial charge in [0.05, 0.1) is 29.2 Å². The maximum Gasteiger partial charge on any atom is 0.344 e. The van der Waals surface area contributed by atoms with E-state index < -0.39 is 5.97 Å². The van der Waals surface area contributed by atoms with E-state index in [0.717, 1.165) is 27.5 Å². The van der Waals surface area contributed by atoms with E-state index in [0.29, 0.717) is 11.4 Å². The van der Waals surface area contributed by atoms with Crippen LogP contribution in [-0.4, -0.2) is 41.2 Å². The van der Waals surface area contributed by atoms with E-state index in [1.165, 1.54) is 16.2 Å². The summed E-state index contributed by atoms with van der Waals surface area (Å²) in [4.78, 5) is 57.6. The zero-order valence-corrected chi connectivity index (χ0v) is 23.6. The van der Waals surface area contributed by atoms with Crippen molar-refractivity contribution in [3.63, 3.8) is 0 Å². The molecule has 10 heteroatoms. The van der Waals surface area contributed by atoms with Gasteiger partial charge in [-0.1, -0.05) is 47.2 Å². The number of nitrogens with one attached hydrogen (secondary N) is 1. The van der Waals surface area contributed by atoms with Crippen molar-refractivity contribution in [3.05, 3.63) is 74.2 Å². The molecular formula is C30H28N2O6S2. The fraction of sp³-hybridized carbons (Fsp3) is 0.400. The Kier molecular flexibility index (Phi) is 6.16. The number of benzene rings is 2. The fourth-order valence-electron chi connectivity index (χ4n) is 7.52. The minimum absolute atomic E-state index is 0.00661. The van der Waals surface area contributed by atoms with Crippen molar-refractivity contribution in [2.45, 2.75) is 36.5 Å². The number of carbonyl (C=O) groups is 3. The number of aromatic amines is 1. The second-order valence-electron chi connectivity index (χ2n) is 10.9. The van der Waals surface area contributed by atoms with Gasteiger partial charge in [-0.05, 0) is 56.2 Å². The number of esters is 1. The Morgan fingerprint density at radius 3 is 2.50 bits per heavy atom. The van der Waals surface area contributed by atoms with Crippen LogP contribution in [0.3, 0.4) is 0 Å². The predicted molar refractivity (Wildman–Crippen MR) is 151 cm³/mol. The molecule has 1 aromatic heterocycles. The molecule has 3 fully saturated rings. The number of carbonyl (C=O) groups excluding carboxylic acids is 3. The molecule has 2 amide bonds. The molecule has 3 heterocycles. The predicted octanol–water partition coefficient (Wildman–Crippen LogP) is 4.36. The molecule has 1 N–H and O–H groups in total. The smallest absolute Gasteiger partial charge is 0.344 e. The van der Waals surface area contributed by atoms with Gasteiger partial charge in [0.25, 0.3) is 0 Å². The van der Waals surface area contributed by atoms with Gasteiger partial charge in [0.2, 0.25) is 11.8 Å². The van der Waals surface area contributed by atoms with Gasteiger partial charge in [0, 0.05) is 21.6 Å². The molecule has 0 spiro atoms. The van der Waals surface area contributed by atoms with Crippen LogP contribution in [0, 0.1) is 36.5 Å². The van der Waals surface area contributed by atoms with Gasteiger partial charge in [-0.25, -0.2) is 4.79 Å². The van der Waals surface area contributed by atoms with Crippen LogP contribution in [0.1, 0.15) is 35.3 Å². The third-order valence-electron chi connectivity index (χ3n) is 8.92. The van der Waals surface area contributed by atoms with E-state index in [1.54, 1.807) is 18.7 Å². The number of H-pyrrole nitrogens is 1. The molecule has 1 saturated heterocycles. The van der Waals surface area contributed by atoms with Crippen LogP contribution in [-0.2, 0) is 19.1 Å². The number of imide groups is 1. The third kappa shape index (κ3) is 3.79. The van der Waals surface area contributed by atoms with Crippen molar-refractivity contribution in [1.29, 1.82) is 0 Å². The second kappa shape index (κ2) is 9.62. The van der Waals surface area contributed by atoms with Crippen molar-refractivity contribution >= 4 is 46.6 Å². The van der Waals surface area contributed by atoms with E-state index in [-0.39, 0.29) is 70.7 Å². The van der Waals surface area contributed by atoms with E-state index in [9.17, 15) is 19.2 Å². The second-order valence-corrected chi connectivity index (χ2v) is 13.1. The average molecular weight is 577 g/mol. The highest BCUT2D eigenvalue weighted by atomic mass is 32.2. The number of hydrogen-bond acceptors (Lipinski definition) is 8. The molecular weight excluding hydrogens is 548 g/mol. The minimum atomic E-state index is -0.449. The van der Waals surface area contributed by atoms with Crippen LogP contribution >= 0.6 is 23.1 Å². The highest BCUT2D eigenvalue weighted by Gasteiger charge is 2.69. The fourth-order valence-corrected chi connectivity index (χ4v) is 10.4. The number of aryl methyl sites for hydroxylation is 1. The Bertz CT molecular complexity index is 1580. The largest absolute Gasteiger partial charge is 0.482 e. The van der Waals surface area contributed by atoms with Gasteiger partial charge in [-0.15, -0.1) is 11.8 Å². The maximum atomic E-state index is 13.9.